The van der Waals surface area contributed by atoms with E-state index < -0.39 is 0 Å². The average molecular weight is 379 g/mol. The minimum absolute atomic E-state index is 0.0847. The summed E-state index contributed by atoms with van der Waals surface area (Å²) in [5, 5.41) is 0.667. The molecule has 3 aromatic rings. The molecule has 0 atom stereocenters. The molecule has 136 valence electrons. The smallest absolute Gasteiger partial charge is 0.185 e. The quantitative estimate of drug-likeness (QED) is 0.383. The summed E-state index contributed by atoms with van der Waals surface area (Å²) in [5.41, 5.74) is 2.33. The molecule has 0 aliphatic rings. The van der Waals surface area contributed by atoms with Gasteiger partial charge >= 0.3 is 0 Å². The van der Waals surface area contributed by atoms with Crippen LogP contribution in [0, 0.1) is 0 Å². The first-order valence-electron chi connectivity index (χ1n) is 8.49. The maximum atomic E-state index is 12.4. The standard InChI is InChI=1S/C23H19ClO3/c1-26-20-13-10-17(11-14-20)22(25)15-12-18-6-3-5-9-23(18)27-16-19-7-2-4-8-21(19)24/h2-15H,16H2,1H3/b15-12+. The normalized spacial score (nSPS) is 10.7. The molecule has 4 heteroatoms. The number of hydrogen-bond donors (Lipinski definition) is 0. The van der Waals surface area contributed by atoms with E-state index >= 15 is 0 Å². The first kappa shape index (κ1) is 18.7. The molecule has 27 heavy (non-hydrogen) atoms. The number of rotatable bonds is 7. The van der Waals surface area contributed by atoms with Crippen LogP contribution >= 0.6 is 11.6 Å². The Balaban J connectivity index is 1.72. The summed E-state index contributed by atoms with van der Waals surface area (Å²) in [6.45, 7) is 0.358. The second-order valence-corrected chi connectivity index (χ2v) is 6.25. The molecule has 0 N–H and O–H groups in total. The minimum atomic E-state index is -0.0847. The molecule has 0 spiro atoms. The summed E-state index contributed by atoms with van der Waals surface area (Å²) in [5.74, 6) is 1.32. The van der Waals surface area contributed by atoms with Crippen molar-refractivity contribution in [3.05, 3.63) is 101 Å². The van der Waals surface area contributed by atoms with Gasteiger partial charge in [0.15, 0.2) is 5.78 Å². The Labute approximate surface area is 163 Å². The lowest BCUT2D eigenvalue weighted by molar-refractivity contribution is 0.104. The van der Waals surface area contributed by atoms with Crippen LogP contribution in [0.4, 0.5) is 0 Å². The number of hydrogen-bond acceptors (Lipinski definition) is 3. The summed E-state index contributed by atoms with van der Waals surface area (Å²) >= 11 is 6.17. The zero-order chi connectivity index (χ0) is 19.1. The number of carbonyl (C=O) groups excluding carboxylic acids is 1. The number of allylic oxidation sites excluding steroid dienone is 1. The molecule has 0 aliphatic carbocycles. The molecule has 0 saturated carbocycles. The molecular formula is C23H19ClO3. The van der Waals surface area contributed by atoms with E-state index in [0.29, 0.717) is 28.7 Å². The van der Waals surface area contributed by atoms with Gasteiger partial charge < -0.3 is 9.47 Å². The maximum Gasteiger partial charge on any atom is 0.185 e. The number of carbonyl (C=O) groups is 1. The first-order valence-corrected chi connectivity index (χ1v) is 8.87. The second-order valence-electron chi connectivity index (χ2n) is 5.84. The van der Waals surface area contributed by atoms with Gasteiger partial charge in [-0.05, 0) is 48.6 Å². The Bertz CT molecular complexity index is 946. The van der Waals surface area contributed by atoms with Crippen LogP contribution in [-0.2, 0) is 6.61 Å². The summed E-state index contributed by atoms with van der Waals surface area (Å²) in [4.78, 5) is 12.4. The Kier molecular flexibility index (Phi) is 6.29. The third-order valence-electron chi connectivity index (χ3n) is 4.05. The molecule has 0 fully saturated rings. The number of ether oxygens (including phenoxy) is 2. The number of benzene rings is 3. The minimum Gasteiger partial charge on any atom is -0.497 e. The highest BCUT2D eigenvalue weighted by Gasteiger charge is 2.05. The molecule has 0 aliphatic heterocycles. The van der Waals surface area contributed by atoms with Gasteiger partial charge in [0.2, 0.25) is 0 Å². The van der Waals surface area contributed by atoms with Gasteiger partial charge in [-0.2, -0.15) is 0 Å². The molecular weight excluding hydrogens is 360 g/mol. The first-order chi connectivity index (χ1) is 13.2. The van der Waals surface area contributed by atoms with Gasteiger partial charge in [-0.15, -0.1) is 0 Å². The topological polar surface area (TPSA) is 35.5 Å². The summed E-state index contributed by atoms with van der Waals surface area (Å²) in [7, 11) is 1.59. The van der Waals surface area contributed by atoms with Crippen LogP contribution in [0.25, 0.3) is 6.08 Å². The van der Waals surface area contributed by atoms with Gasteiger partial charge in [0, 0.05) is 21.7 Å². The van der Waals surface area contributed by atoms with Crippen molar-refractivity contribution in [3.63, 3.8) is 0 Å². The van der Waals surface area contributed by atoms with Crippen LogP contribution in [0.15, 0.2) is 78.9 Å². The number of para-hydroxylation sites is 1. The van der Waals surface area contributed by atoms with E-state index in [1.807, 2.05) is 48.5 Å². The largest absolute Gasteiger partial charge is 0.497 e. The zero-order valence-electron chi connectivity index (χ0n) is 14.9. The molecule has 3 nitrogen and oxygen atoms in total. The second kappa shape index (κ2) is 9.06. The molecule has 0 heterocycles. The summed E-state index contributed by atoms with van der Waals surface area (Å²) in [6, 6.07) is 22.1. The lowest BCUT2D eigenvalue weighted by Crippen LogP contribution is -1.98. The summed E-state index contributed by atoms with van der Waals surface area (Å²) < 4.78 is 11.0. The van der Waals surface area contributed by atoms with E-state index in [9.17, 15) is 4.79 Å². The van der Waals surface area contributed by atoms with Crippen molar-refractivity contribution in [1.29, 1.82) is 0 Å². The van der Waals surface area contributed by atoms with Crippen LogP contribution < -0.4 is 9.47 Å². The van der Waals surface area contributed by atoms with Gasteiger partial charge in [0.1, 0.15) is 18.1 Å². The number of methoxy groups -OCH3 is 1. The number of halogens is 1. The Morgan fingerprint density at radius 3 is 2.41 bits per heavy atom. The monoisotopic (exact) mass is 378 g/mol. The third kappa shape index (κ3) is 4.99. The Morgan fingerprint density at radius 1 is 0.963 bits per heavy atom. The van der Waals surface area contributed by atoms with E-state index in [4.69, 9.17) is 21.1 Å². The number of ketones is 1. The molecule has 3 rings (SSSR count). The highest BCUT2D eigenvalue weighted by molar-refractivity contribution is 6.31. The molecule has 0 bridgehead atoms. The fourth-order valence-corrected chi connectivity index (χ4v) is 2.73. The van der Waals surface area contributed by atoms with Crippen LogP contribution in [0.3, 0.4) is 0 Å². The van der Waals surface area contributed by atoms with Gasteiger partial charge in [-0.1, -0.05) is 48.0 Å². The summed E-state index contributed by atoms with van der Waals surface area (Å²) in [6.07, 6.45) is 3.30. The predicted molar refractivity (Wildman–Crippen MR) is 109 cm³/mol. The average Bonchev–Trinajstić information content (AvgIpc) is 2.72. The fraction of sp³-hybridized carbons (Fsp3) is 0.0870. The van der Waals surface area contributed by atoms with Crippen molar-refractivity contribution in [1.82, 2.24) is 0 Å². The van der Waals surface area contributed by atoms with Gasteiger partial charge in [-0.3, -0.25) is 4.79 Å². The molecule has 0 saturated heterocycles. The van der Waals surface area contributed by atoms with E-state index in [2.05, 4.69) is 0 Å². The van der Waals surface area contributed by atoms with Crippen LogP contribution in [0.1, 0.15) is 21.5 Å². The highest BCUT2D eigenvalue weighted by atomic mass is 35.5. The lowest BCUT2D eigenvalue weighted by Gasteiger charge is -2.10. The molecule has 0 aromatic heterocycles. The van der Waals surface area contributed by atoms with Crippen LogP contribution in [0.5, 0.6) is 11.5 Å². The third-order valence-corrected chi connectivity index (χ3v) is 4.42. The van der Waals surface area contributed by atoms with Crippen molar-refractivity contribution < 1.29 is 14.3 Å². The van der Waals surface area contributed by atoms with E-state index in [-0.39, 0.29) is 5.78 Å². The van der Waals surface area contributed by atoms with Gasteiger partial charge in [0.25, 0.3) is 0 Å². The molecule has 3 aromatic carbocycles. The van der Waals surface area contributed by atoms with Crippen molar-refractivity contribution in [2.24, 2.45) is 0 Å². The van der Waals surface area contributed by atoms with Gasteiger partial charge in [-0.25, -0.2) is 0 Å². The Hall–Kier alpha value is -3.04. The molecule has 0 radical (unpaired) electrons. The zero-order valence-corrected chi connectivity index (χ0v) is 15.6. The van der Waals surface area contributed by atoms with Gasteiger partial charge in [0.05, 0.1) is 7.11 Å². The van der Waals surface area contributed by atoms with Crippen molar-refractivity contribution >= 4 is 23.5 Å². The van der Waals surface area contributed by atoms with E-state index in [0.717, 1.165) is 11.1 Å². The highest BCUT2D eigenvalue weighted by Crippen LogP contribution is 2.23. The van der Waals surface area contributed by atoms with E-state index in [1.165, 1.54) is 0 Å². The van der Waals surface area contributed by atoms with Crippen LogP contribution in [0.2, 0.25) is 5.02 Å². The van der Waals surface area contributed by atoms with E-state index in [1.54, 1.807) is 43.5 Å². The van der Waals surface area contributed by atoms with Crippen molar-refractivity contribution in [2.45, 2.75) is 6.61 Å². The lowest BCUT2D eigenvalue weighted by atomic mass is 10.1. The molecule has 0 unspecified atom stereocenters. The maximum absolute atomic E-state index is 12.4. The van der Waals surface area contributed by atoms with Crippen molar-refractivity contribution in [3.8, 4) is 11.5 Å². The predicted octanol–water partition coefficient (Wildman–Crippen LogP) is 5.82. The van der Waals surface area contributed by atoms with Crippen LogP contribution in [-0.4, -0.2) is 12.9 Å². The molecule has 0 amide bonds. The fourth-order valence-electron chi connectivity index (χ4n) is 2.54. The SMILES string of the molecule is COc1ccc(C(=O)/C=C/c2ccccc2OCc2ccccc2Cl)cc1. The Morgan fingerprint density at radius 2 is 1.67 bits per heavy atom. The van der Waals surface area contributed by atoms with Crippen molar-refractivity contribution in [2.75, 3.05) is 7.11 Å².